The Labute approximate surface area is 125 Å². The highest BCUT2D eigenvalue weighted by Gasteiger charge is 2.17. The van der Waals surface area contributed by atoms with Crippen LogP contribution < -0.4 is 17.0 Å². The molecule has 104 valence electrons. The molecule has 19 heavy (non-hydrogen) atoms. The number of benzene rings is 1. The predicted molar refractivity (Wildman–Crippen MR) is 72.6 cm³/mol. The average Bonchev–Trinajstić information content (AvgIpc) is 2.46. The van der Waals surface area contributed by atoms with Crippen LogP contribution in [0, 0.1) is 0 Å². The molecule has 2 aliphatic rings. The van der Waals surface area contributed by atoms with Gasteiger partial charge in [-0.2, -0.15) is 0 Å². The molecule has 0 aliphatic carbocycles. The van der Waals surface area contributed by atoms with Crippen molar-refractivity contribution >= 4 is 6.21 Å². The predicted octanol–water partition coefficient (Wildman–Crippen LogP) is -1.99. The normalized spacial score (nSPS) is 19.3. The van der Waals surface area contributed by atoms with E-state index < -0.39 is 0 Å². The first-order valence-corrected chi connectivity index (χ1v) is 6.89. The lowest BCUT2D eigenvalue weighted by Gasteiger charge is -2.25. The van der Waals surface area contributed by atoms with Crippen LogP contribution in [0.15, 0.2) is 24.3 Å². The van der Waals surface area contributed by atoms with E-state index in [9.17, 15) is 0 Å². The smallest absolute Gasteiger partial charge is 0.171 e. The van der Waals surface area contributed by atoms with Crippen LogP contribution in [-0.2, 0) is 11.2 Å². The highest BCUT2D eigenvalue weighted by molar-refractivity contribution is 5.78. The summed E-state index contributed by atoms with van der Waals surface area (Å²) in [5.41, 5.74) is 2.88. The van der Waals surface area contributed by atoms with E-state index in [0.717, 1.165) is 45.9 Å². The van der Waals surface area contributed by atoms with Gasteiger partial charge in [0.2, 0.25) is 0 Å². The van der Waals surface area contributed by atoms with Crippen LogP contribution in [0.2, 0.25) is 0 Å². The molecule has 3 rings (SSSR count). The van der Waals surface area contributed by atoms with Crippen molar-refractivity contribution in [1.82, 2.24) is 4.90 Å². The molecular weight excluding hydrogens is 304 g/mol. The van der Waals surface area contributed by atoms with Crippen LogP contribution in [0.3, 0.4) is 0 Å². The summed E-state index contributed by atoms with van der Waals surface area (Å²) in [5, 5.41) is 0. The quantitative estimate of drug-likeness (QED) is 0.598. The fourth-order valence-corrected chi connectivity index (χ4v) is 2.68. The number of ether oxygens (including phenoxy) is 1. The monoisotopic (exact) mass is 324 g/mol. The van der Waals surface area contributed by atoms with E-state index in [1.54, 1.807) is 0 Å². The van der Waals surface area contributed by atoms with E-state index in [1.165, 1.54) is 17.5 Å². The molecule has 0 N–H and O–H groups in total. The largest absolute Gasteiger partial charge is 1.00 e. The lowest BCUT2D eigenvalue weighted by atomic mass is 10.0. The number of rotatable bonds is 3. The Morgan fingerprint density at radius 2 is 1.95 bits per heavy atom. The molecule has 1 fully saturated rings. The Balaban J connectivity index is 0.00000133. The standard InChI is InChI=1S/C15H21N2O.BrH/c1-2-4-15-13-17(6-5-14(15)3-1)8-7-16-9-11-18-12-10-16;/h1-4,13H,5-12H2;1H/q+1;/p-1. The van der Waals surface area contributed by atoms with Crippen LogP contribution in [-0.4, -0.2) is 61.6 Å². The number of nitrogens with zero attached hydrogens (tertiary/aromatic N) is 2. The zero-order valence-corrected chi connectivity index (χ0v) is 12.8. The second kappa shape index (κ2) is 7.17. The average molecular weight is 325 g/mol. The third-order valence-corrected chi connectivity index (χ3v) is 3.85. The number of halogens is 1. The van der Waals surface area contributed by atoms with Gasteiger partial charge in [0.05, 0.1) is 19.8 Å². The topological polar surface area (TPSA) is 15.5 Å². The second-order valence-corrected chi connectivity index (χ2v) is 5.07. The lowest BCUT2D eigenvalue weighted by Crippen LogP contribution is -3.00. The molecule has 0 atom stereocenters. The number of morpholine rings is 1. The van der Waals surface area contributed by atoms with E-state index in [4.69, 9.17) is 4.74 Å². The van der Waals surface area contributed by atoms with Crippen molar-refractivity contribution < 1.29 is 26.3 Å². The Morgan fingerprint density at radius 1 is 1.16 bits per heavy atom. The maximum Gasteiger partial charge on any atom is 0.171 e. The maximum atomic E-state index is 5.37. The second-order valence-electron chi connectivity index (χ2n) is 5.07. The van der Waals surface area contributed by atoms with Gasteiger partial charge in [-0.3, -0.25) is 4.90 Å². The molecule has 3 nitrogen and oxygen atoms in total. The summed E-state index contributed by atoms with van der Waals surface area (Å²) >= 11 is 0. The van der Waals surface area contributed by atoms with Crippen molar-refractivity contribution in [2.45, 2.75) is 6.42 Å². The van der Waals surface area contributed by atoms with Gasteiger partial charge >= 0.3 is 0 Å². The molecule has 1 aromatic carbocycles. The zero-order chi connectivity index (χ0) is 12.2. The number of fused-ring (bicyclic) bond motifs is 1. The summed E-state index contributed by atoms with van der Waals surface area (Å²) in [7, 11) is 0. The zero-order valence-electron chi connectivity index (χ0n) is 11.2. The van der Waals surface area contributed by atoms with Crippen LogP contribution in [0.25, 0.3) is 0 Å². The first-order chi connectivity index (χ1) is 8.92. The molecule has 0 amide bonds. The minimum absolute atomic E-state index is 0. The van der Waals surface area contributed by atoms with Crippen molar-refractivity contribution in [3.8, 4) is 0 Å². The van der Waals surface area contributed by atoms with Crippen molar-refractivity contribution in [1.29, 1.82) is 0 Å². The molecular formula is C15H21BrN2O. The molecule has 4 heteroatoms. The molecule has 2 aliphatic heterocycles. The van der Waals surface area contributed by atoms with Gasteiger partial charge < -0.3 is 21.7 Å². The SMILES string of the molecule is C1=[N+](CCN2CCOCC2)CCc2ccccc21.[Br-]. The molecule has 1 saturated heterocycles. The van der Waals surface area contributed by atoms with Gasteiger partial charge in [-0.05, 0) is 11.6 Å². The van der Waals surface area contributed by atoms with Crippen molar-refractivity contribution in [2.75, 3.05) is 45.9 Å². The maximum absolute atomic E-state index is 5.37. The van der Waals surface area contributed by atoms with Crippen molar-refractivity contribution in [3.05, 3.63) is 35.4 Å². The van der Waals surface area contributed by atoms with Gasteiger partial charge in [0.25, 0.3) is 0 Å². The van der Waals surface area contributed by atoms with Gasteiger partial charge in [-0.25, -0.2) is 4.58 Å². The minimum Gasteiger partial charge on any atom is -1.00 e. The van der Waals surface area contributed by atoms with Crippen LogP contribution in [0.4, 0.5) is 0 Å². The Hall–Kier alpha value is -0.710. The first kappa shape index (κ1) is 14.7. The van der Waals surface area contributed by atoms with Gasteiger partial charge in [-0.1, -0.05) is 18.2 Å². The molecule has 0 radical (unpaired) electrons. The molecule has 0 saturated carbocycles. The Morgan fingerprint density at radius 3 is 2.79 bits per heavy atom. The summed E-state index contributed by atoms with van der Waals surface area (Å²) in [6.45, 7) is 7.41. The molecule has 0 spiro atoms. The van der Waals surface area contributed by atoms with Crippen LogP contribution in [0.5, 0.6) is 0 Å². The van der Waals surface area contributed by atoms with E-state index in [1.807, 2.05) is 0 Å². The molecule has 0 bridgehead atoms. The Kier molecular flexibility index (Phi) is 5.55. The summed E-state index contributed by atoms with van der Waals surface area (Å²) in [6, 6.07) is 8.72. The first-order valence-electron chi connectivity index (χ1n) is 6.89. The van der Waals surface area contributed by atoms with Gasteiger partial charge in [0.15, 0.2) is 12.8 Å². The fraction of sp³-hybridized carbons (Fsp3) is 0.533. The van der Waals surface area contributed by atoms with E-state index in [0.29, 0.717) is 0 Å². The molecule has 0 aromatic heterocycles. The van der Waals surface area contributed by atoms with Crippen molar-refractivity contribution in [2.24, 2.45) is 0 Å². The van der Waals surface area contributed by atoms with E-state index >= 15 is 0 Å². The lowest BCUT2D eigenvalue weighted by molar-refractivity contribution is -0.524. The minimum atomic E-state index is 0. The highest BCUT2D eigenvalue weighted by Crippen LogP contribution is 2.11. The Bertz CT molecular complexity index is 442. The summed E-state index contributed by atoms with van der Waals surface area (Å²) in [5.74, 6) is 0. The molecule has 0 unspecified atom stereocenters. The summed E-state index contributed by atoms with van der Waals surface area (Å²) in [4.78, 5) is 2.50. The van der Waals surface area contributed by atoms with Gasteiger partial charge in [0, 0.05) is 25.1 Å². The van der Waals surface area contributed by atoms with Crippen LogP contribution >= 0.6 is 0 Å². The number of hydrogen-bond donors (Lipinski definition) is 0. The van der Waals surface area contributed by atoms with Gasteiger partial charge in [0.1, 0.15) is 6.54 Å². The van der Waals surface area contributed by atoms with E-state index in [2.05, 4.69) is 40.0 Å². The van der Waals surface area contributed by atoms with Crippen LogP contribution in [0.1, 0.15) is 11.1 Å². The fourth-order valence-electron chi connectivity index (χ4n) is 2.68. The third-order valence-electron chi connectivity index (χ3n) is 3.85. The van der Waals surface area contributed by atoms with Crippen molar-refractivity contribution in [3.63, 3.8) is 0 Å². The summed E-state index contributed by atoms with van der Waals surface area (Å²) < 4.78 is 7.83. The third kappa shape index (κ3) is 3.88. The van der Waals surface area contributed by atoms with Gasteiger partial charge in [-0.15, -0.1) is 0 Å². The number of hydrogen-bond acceptors (Lipinski definition) is 2. The summed E-state index contributed by atoms with van der Waals surface area (Å²) in [6.07, 6.45) is 3.50. The van der Waals surface area contributed by atoms with E-state index in [-0.39, 0.29) is 17.0 Å². The molecule has 2 heterocycles. The molecule has 1 aromatic rings. The highest BCUT2D eigenvalue weighted by atomic mass is 79.9.